The summed E-state index contributed by atoms with van der Waals surface area (Å²) < 4.78 is 5.05. The highest BCUT2D eigenvalue weighted by Gasteiger charge is 2.16. The molecule has 2 N–H and O–H groups in total. The van der Waals surface area contributed by atoms with E-state index in [-0.39, 0.29) is 23.0 Å². The Hall–Kier alpha value is -2.96. The van der Waals surface area contributed by atoms with Crippen molar-refractivity contribution in [2.75, 3.05) is 5.32 Å². The van der Waals surface area contributed by atoms with Gasteiger partial charge in [-0.05, 0) is 24.2 Å². The quantitative estimate of drug-likeness (QED) is 0.774. The van der Waals surface area contributed by atoms with E-state index in [1.165, 1.54) is 6.07 Å². The fourth-order valence-electron chi connectivity index (χ4n) is 2.24. The van der Waals surface area contributed by atoms with E-state index in [0.717, 1.165) is 5.56 Å². The first kappa shape index (κ1) is 15.0. The second-order valence-corrected chi connectivity index (χ2v) is 5.66. The van der Waals surface area contributed by atoms with Crippen LogP contribution in [0.2, 0.25) is 0 Å². The fourth-order valence-corrected chi connectivity index (χ4v) is 2.24. The third-order valence-electron chi connectivity index (χ3n) is 3.40. The highest BCUT2D eigenvalue weighted by atomic mass is 16.5. The average molecular weight is 312 g/mol. The highest BCUT2D eigenvalue weighted by Crippen LogP contribution is 2.18. The SMILES string of the molecule is Cc1ccc2[nH]c(=O)cc(C(=O)Nc3noc(C(C)C)n3)c2c1. The largest absolute Gasteiger partial charge is 0.337 e. The van der Waals surface area contributed by atoms with Gasteiger partial charge in [-0.2, -0.15) is 4.98 Å². The fraction of sp³-hybridized carbons (Fsp3) is 0.250. The van der Waals surface area contributed by atoms with Crippen LogP contribution in [0.25, 0.3) is 10.9 Å². The molecule has 0 aliphatic carbocycles. The molecule has 1 aromatic carbocycles. The number of pyridine rings is 1. The number of benzene rings is 1. The Labute approximate surface area is 131 Å². The zero-order valence-corrected chi connectivity index (χ0v) is 13.0. The van der Waals surface area contributed by atoms with Gasteiger partial charge in [-0.3, -0.25) is 14.9 Å². The Morgan fingerprint density at radius 3 is 2.78 bits per heavy atom. The molecule has 0 unspecified atom stereocenters. The molecule has 3 aromatic rings. The van der Waals surface area contributed by atoms with Gasteiger partial charge in [0, 0.05) is 22.9 Å². The van der Waals surface area contributed by atoms with Crippen molar-refractivity contribution in [1.82, 2.24) is 15.1 Å². The standard InChI is InChI=1S/C16H16N4O3/c1-8(2)15-19-16(20-23-15)18-14(22)11-7-13(21)17-12-5-4-9(3)6-10(11)12/h4-8H,1-3H3,(H,17,21)(H,18,20,22). The smallest absolute Gasteiger partial charge is 0.270 e. The van der Waals surface area contributed by atoms with Gasteiger partial charge in [0.15, 0.2) is 0 Å². The van der Waals surface area contributed by atoms with Crippen molar-refractivity contribution >= 4 is 22.8 Å². The minimum absolute atomic E-state index is 0.0659. The van der Waals surface area contributed by atoms with E-state index in [2.05, 4.69) is 20.4 Å². The minimum atomic E-state index is -0.456. The third kappa shape index (κ3) is 2.98. The van der Waals surface area contributed by atoms with Crippen molar-refractivity contribution in [2.24, 2.45) is 0 Å². The molecule has 0 radical (unpaired) electrons. The lowest BCUT2D eigenvalue weighted by Gasteiger charge is -2.06. The van der Waals surface area contributed by atoms with Crippen LogP contribution in [-0.2, 0) is 0 Å². The van der Waals surface area contributed by atoms with E-state index < -0.39 is 5.91 Å². The summed E-state index contributed by atoms with van der Waals surface area (Å²) in [5.41, 5.74) is 1.51. The topological polar surface area (TPSA) is 101 Å². The molecule has 0 saturated heterocycles. The summed E-state index contributed by atoms with van der Waals surface area (Å²) in [6, 6.07) is 6.75. The second kappa shape index (κ2) is 5.68. The normalized spacial score (nSPS) is 11.1. The lowest BCUT2D eigenvalue weighted by Crippen LogP contribution is -2.17. The first-order valence-electron chi connectivity index (χ1n) is 7.22. The van der Waals surface area contributed by atoms with Crippen molar-refractivity contribution in [1.29, 1.82) is 0 Å². The third-order valence-corrected chi connectivity index (χ3v) is 3.40. The zero-order chi connectivity index (χ0) is 16.6. The summed E-state index contributed by atoms with van der Waals surface area (Å²) in [6.07, 6.45) is 0. The molecule has 0 bridgehead atoms. The van der Waals surface area contributed by atoms with Gasteiger partial charge >= 0.3 is 0 Å². The van der Waals surface area contributed by atoms with E-state index in [0.29, 0.717) is 16.8 Å². The number of hydrogen-bond donors (Lipinski definition) is 2. The number of amides is 1. The van der Waals surface area contributed by atoms with Crippen molar-refractivity contribution in [2.45, 2.75) is 26.7 Å². The second-order valence-electron chi connectivity index (χ2n) is 5.66. The van der Waals surface area contributed by atoms with Crippen molar-refractivity contribution in [3.05, 3.63) is 51.6 Å². The maximum Gasteiger partial charge on any atom is 0.270 e. The van der Waals surface area contributed by atoms with Crippen molar-refractivity contribution in [3.63, 3.8) is 0 Å². The number of aromatic nitrogens is 3. The zero-order valence-electron chi connectivity index (χ0n) is 13.0. The van der Waals surface area contributed by atoms with E-state index in [4.69, 9.17) is 4.52 Å². The summed E-state index contributed by atoms with van der Waals surface area (Å²) in [7, 11) is 0. The number of aryl methyl sites for hydroxylation is 1. The van der Waals surface area contributed by atoms with Crippen LogP contribution in [0.4, 0.5) is 5.95 Å². The Kier molecular flexibility index (Phi) is 3.69. The molecular weight excluding hydrogens is 296 g/mol. The summed E-state index contributed by atoms with van der Waals surface area (Å²) in [5.74, 6) is 0.130. The summed E-state index contributed by atoms with van der Waals surface area (Å²) in [5, 5.41) is 6.95. The van der Waals surface area contributed by atoms with Gasteiger partial charge in [0.25, 0.3) is 11.9 Å². The van der Waals surface area contributed by atoms with Crippen LogP contribution in [0.3, 0.4) is 0 Å². The number of nitrogens with one attached hydrogen (secondary N) is 2. The highest BCUT2D eigenvalue weighted by molar-refractivity contribution is 6.11. The number of H-pyrrole nitrogens is 1. The number of rotatable bonds is 3. The predicted molar refractivity (Wildman–Crippen MR) is 85.6 cm³/mol. The number of carbonyl (C=O) groups excluding carboxylic acids is 1. The van der Waals surface area contributed by atoms with Crippen molar-refractivity contribution in [3.8, 4) is 0 Å². The number of anilines is 1. The van der Waals surface area contributed by atoms with Gasteiger partial charge in [0.05, 0.1) is 5.56 Å². The lowest BCUT2D eigenvalue weighted by molar-refractivity contribution is 0.102. The van der Waals surface area contributed by atoms with Gasteiger partial charge < -0.3 is 9.51 Å². The molecule has 2 aromatic heterocycles. The van der Waals surface area contributed by atoms with Crippen LogP contribution in [0, 0.1) is 6.92 Å². The van der Waals surface area contributed by atoms with Crippen LogP contribution < -0.4 is 10.9 Å². The molecule has 2 heterocycles. The molecule has 118 valence electrons. The molecule has 1 amide bonds. The van der Waals surface area contributed by atoms with Crippen LogP contribution in [-0.4, -0.2) is 21.0 Å². The minimum Gasteiger partial charge on any atom is -0.337 e. The Morgan fingerprint density at radius 2 is 2.09 bits per heavy atom. The number of fused-ring (bicyclic) bond motifs is 1. The molecule has 0 saturated carbocycles. The van der Waals surface area contributed by atoms with Gasteiger partial charge in [0.1, 0.15) is 0 Å². The average Bonchev–Trinajstić information content (AvgIpc) is 2.95. The van der Waals surface area contributed by atoms with E-state index in [1.54, 1.807) is 6.07 Å². The number of hydrogen-bond acceptors (Lipinski definition) is 5. The molecule has 0 spiro atoms. The maximum atomic E-state index is 12.5. The molecule has 0 aliphatic rings. The molecule has 7 heteroatoms. The van der Waals surface area contributed by atoms with Gasteiger partial charge in [-0.15, -0.1) is 0 Å². The van der Waals surface area contributed by atoms with E-state index >= 15 is 0 Å². The Morgan fingerprint density at radius 1 is 1.30 bits per heavy atom. The van der Waals surface area contributed by atoms with Gasteiger partial charge in [-0.25, -0.2) is 0 Å². The van der Waals surface area contributed by atoms with Crippen LogP contribution in [0.15, 0.2) is 33.6 Å². The first-order chi connectivity index (χ1) is 10.9. The number of aromatic amines is 1. The molecular formula is C16H16N4O3. The lowest BCUT2D eigenvalue weighted by atomic mass is 10.1. The molecule has 0 fully saturated rings. The summed E-state index contributed by atoms with van der Waals surface area (Å²) in [6.45, 7) is 5.73. The predicted octanol–water partition coefficient (Wildman–Crippen LogP) is 2.60. The molecule has 7 nitrogen and oxygen atoms in total. The monoisotopic (exact) mass is 312 g/mol. The van der Waals surface area contributed by atoms with Gasteiger partial charge in [-0.1, -0.05) is 25.5 Å². The van der Waals surface area contributed by atoms with Crippen molar-refractivity contribution < 1.29 is 9.32 Å². The van der Waals surface area contributed by atoms with Crippen LogP contribution in [0.5, 0.6) is 0 Å². The van der Waals surface area contributed by atoms with Crippen LogP contribution >= 0.6 is 0 Å². The Bertz CT molecular complexity index is 940. The van der Waals surface area contributed by atoms with Crippen LogP contribution in [0.1, 0.15) is 41.6 Å². The maximum absolute atomic E-state index is 12.5. The Balaban J connectivity index is 1.99. The summed E-state index contributed by atoms with van der Waals surface area (Å²) >= 11 is 0. The molecule has 0 atom stereocenters. The molecule has 0 aliphatic heterocycles. The molecule has 23 heavy (non-hydrogen) atoms. The van der Waals surface area contributed by atoms with Gasteiger partial charge in [0.2, 0.25) is 11.4 Å². The summed E-state index contributed by atoms with van der Waals surface area (Å²) in [4.78, 5) is 31.0. The van der Waals surface area contributed by atoms with E-state index in [9.17, 15) is 9.59 Å². The number of nitrogens with zero attached hydrogens (tertiary/aromatic N) is 2. The number of carbonyl (C=O) groups is 1. The molecule has 3 rings (SSSR count). The first-order valence-corrected chi connectivity index (χ1v) is 7.22. The van der Waals surface area contributed by atoms with E-state index in [1.807, 2.05) is 32.9 Å².